The fourth-order valence-corrected chi connectivity index (χ4v) is 3.44. The molecule has 0 saturated heterocycles. The van der Waals surface area contributed by atoms with Gasteiger partial charge in [-0.25, -0.2) is 0 Å². The van der Waals surface area contributed by atoms with E-state index in [1.54, 1.807) is 22.8 Å². The number of amides is 1. The van der Waals surface area contributed by atoms with E-state index in [-0.39, 0.29) is 18.3 Å². The molecule has 3 aromatic rings. The Labute approximate surface area is 177 Å². The van der Waals surface area contributed by atoms with Gasteiger partial charge in [-0.2, -0.15) is 0 Å². The van der Waals surface area contributed by atoms with Crippen LogP contribution in [0.5, 0.6) is 5.75 Å². The topological polar surface area (TPSA) is 69.0 Å². The number of aryl methyl sites for hydroxylation is 1. The molecule has 6 nitrogen and oxygen atoms in total. The van der Waals surface area contributed by atoms with E-state index in [2.05, 4.69) is 15.5 Å². The lowest BCUT2D eigenvalue weighted by Crippen LogP contribution is -2.14. The van der Waals surface area contributed by atoms with E-state index >= 15 is 0 Å². The Bertz CT molecular complexity index is 994. The maximum Gasteiger partial charge on any atom is 0.234 e. The zero-order valence-electron chi connectivity index (χ0n) is 15.3. The van der Waals surface area contributed by atoms with Crippen molar-refractivity contribution < 1.29 is 9.53 Å². The van der Waals surface area contributed by atoms with Gasteiger partial charge in [0.1, 0.15) is 12.4 Å². The summed E-state index contributed by atoms with van der Waals surface area (Å²) >= 11 is 13.4. The Morgan fingerprint density at radius 2 is 2.04 bits per heavy atom. The largest absolute Gasteiger partial charge is 0.484 e. The number of nitrogens with one attached hydrogen (secondary N) is 1. The third-order valence-electron chi connectivity index (χ3n) is 3.81. The minimum Gasteiger partial charge on any atom is -0.484 e. The zero-order valence-corrected chi connectivity index (χ0v) is 17.6. The highest BCUT2D eigenvalue weighted by Gasteiger charge is 2.13. The minimum atomic E-state index is -0.109. The molecule has 0 radical (unpaired) electrons. The van der Waals surface area contributed by atoms with E-state index in [4.69, 9.17) is 27.9 Å². The van der Waals surface area contributed by atoms with E-state index in [9.17, 15) is 4.79 Å². The molecule has 28 heavy (non-hydrogen) atoms. The van der Waals surface area contributed by atoms with Crippen LogP contribution in [0, 0.1) is 6.92 Å². The van der Waals surface area contributed by atoms with Crippen LogP contribution in [0.4, 0.5) is 5.69 Å². The Kier molecular flexibility index (Phi) is 6.83. The molecule has 0 unspecified atom stereocenters. The molecule has 0 atom stereocenters. The van der Waals surface area contributed by atoms with Gasteiger partial charge in [0.2, 0.25) is 5.91 Å². The van der Waals surface area contributed by atoms with Crippen LogP contribution in [-0.4, -0.2) is 26.4 Å². The van der Waals surface area contributed by atoms with Gasteiger partial charge in [0.05, 0.1) is 10.8 Å². The molecule has 0 aliphatic heterocycles. The van der Waals surface area contributed by atoms with Crippen LogP contribution in [0.15, 0.2) is 47.6 Å². The molecule has 1 heterocycles. The summed E-state index contributed by atoms with van der Waals surface area (Å²) in [5, 5.41) is 12.7. The van der Waals surface area contributed by atoms with Crippen molar-refractivity contribution >= 4 is 46.6 Å². The van der Waals surface area contributed by atoms with Gasteiger partial charge in [-0.15, -0.1) is 10.2 Å². The summed E-state index contributed by atoms with van der Waals surface area (Å²) < 4.78 is 7.47. The highest BCUT2D eigenvalue weighted by Crippen LogP contribution is 2.28. The van der Waals surface area contributed by atoms with Crippen molar-refractivity contribution in [3.05, 3.63) is 63.9 Å². The number of nitrogens with zero attached hydrogens (tertiary/aromatic N) is 3. The lowest BCUT2D eigenvalue weighted by molar-refractivity contribution is -0.113. The van der Waals surface area contributed by atoms with Crippen LogP contribution in [0.25, 0.3) is 0 Å². The number of hydrogen-bond acceptors (Lipinski definition) is 5. The first kappa shape index (κ1) is 20.5. The molecule has 3 rings (SSSR count). The fourth-order valence-electron chi connectivity index (χ4n) is 2.38. The highest BCUT2D eigenvalue weighted by atomic mass is 35.5. The Balaban J connectivity index is 1.55. The standard InChI is InChI=1S/C19H18Cl2N4O2S/c1-12-4-3-5-14(8-12)22-18(26)11-28-19-24-23-17(25(19)2)10-27-16-9-13(20)6-7-15(16)21/h3-9H,10-11H2,1-2H3,(H,22,26). The summed E-state index contributed by atoms with van der Waals surface area (Å²) in [6, 6.07) is 12.7. The van der Waals surface area contributed by atoms with Crippen molar-refractivity contribution in [2.75, 3.05) is 11.1 Å². The number of carbonyl (C=O) groups is 1. The van der Waals surface area contributed by atoms with Crippen molar-refractivity contribution in [3.63, 3.8) is 0 Å². The third-order valence-corrected chi connectivity index (χ3v) is 5.38. The first-order chi connectivity index (χ1) is 13.4. The predicted octanol–water partition coefficient (Wildman–Crippen LogP) is 4.74. The van der Waals surface area contributed by atoms with Gasteiger partial charge in [0.15, 0.2) is 11.0 Å². The number of thioether (sulfide) groups is 1. The quantitative estimate of drug-likeness (QED) is 0.541. The van der Waals surface area contributed by atoms with Crippen molar-refractivity contribution in [3.8, 4) is 5.75 Å². The summed E-state index contributed by atoms with van der Waals surface area (Å²) in [5.74, 6) is 1.20. The highest BCUT2D eigenvalue weighted by molar-refractivity contribution is 7.99. The van der Waals surface area contributed by atoms with Gasteiger partial charge in [0, 0.05) is 23.8 Å². The van der Waals surface area contributed by atoms with Crippen molar-refractivity contribution in [1.29, 1.82) is 0 Å². The van der Waals surface area contributed by atoms with Crippen LogP contribution in [-0.2, 0) is 18.4 Å². The van der Waals surface area contributed by atoms with Gasteiger partial charge in [0.25, 0.3) is 0 Å². The molecular weight excluding hydrogens is 419 g/mol. The van der Waals surface area contributed by atoms with E-state index < -0.39 is 0 Å². The summed E-state index contributed by atoms with van der Waals surface area (Å²) in [7, 11) is 1.82. The molecule has 0 bridgehead atoms. The van der Waals surface area contributed by atoms with Gasteiger partial charge in [-0.05, 0) is 36.8 Å². The molecule has 2 aromatic carbocycles. The lowest BCUT2D eigenvalue weighted by atomic mass is 10.2. The van der Waals surface area contributed by atoms with Gasteiger partial charge < -0.3 is 14.6 Å². The number of benzene rings is 2. The first-order valence-corrected chi connectivity index (χ1v) is 10.1. The molecule has 0 saturated carbocycles. The molecule has 1 amide bonds. The molecular formula is C19H18Cl2N4O2S. The molecule has 0 spiro atoms. The number of hydrogen-bond donors (Lipinski definition) is 1. The van der Waals surface area contributed by atoms with E-state index in [1.165, 1.54) is 11.8 Å². The van der Waals surface area contributed by atoms with Crippen LogP contribution in [0.2, 0.25) is 10.0 Å². The molecule has 146 valence electrons. The third kappa shape index (κ3) is 5.41. The number of anilines is 1. The maximum absolute atomic E-state index is 12.2. The number of rotatable bonds is 7. The number of aromatic nitrogens is 3. The molecule has 1 aromatic heterocycles. The SMILES string of the molecule is Cc1cccc(NC(=O)CSc2nnc(COc3cc(Cl)ccc3Cl)n2C)c1. The van der Waals surface area contributed by atoms with Crippen LogP contribution >= 0.6 is 35.0 Å². The molecule has 0 fully saturated rings. The van der Waals surface area contributed by atoms with Crippen molar-refractivity contribution in [2.24, 2.45) is 7.05 Å². The minimum absolute atomic E-state index is 0.109. The van der Waals surface area contributed by atoms with E-state index in [0.29, 0.717) is 26.8 Å². The maximum atomic E-state index is 12.2. The number of halogens is 2. The van der Waals surface area contributed by atoms with Crippen LogP contribution in [0.3, 0.4) is 0 Å². The normalized spacial score (nSPS) is 10.7. The predicted molar refractivity (Wildman–Crippen MR) is 112 cm³/mol. The Morgan fingerprint density at radius 3 is 2.82 bits per heavy atom. The Hall–Kier alpha value is -2.22. The molecule has 0 aliphatic rings. The van der Waals surface area contributed by atoms with Crippen LogP contribution < -0.4 is 10.1 Å². The van der Waals surface area contributed by atoms with E-state index in [0.717, 1.165) is 11.3 Å². The van der Waals surface area contributed by atoms with Crippen molar-refractivity contribution in [2.45, 2.75) is 18.7 Å². The van der Waals surface area contributed by atoms with Gasteiger partial charge >= 0.3 is 0 Å². The second kappa shape index (κ2) is 9.32. The average Bonchev–Trinajstić information content (AvgIpc) is 3.00. The van der Waals surface area contributed by atoms with Gasteiger partial charge in [-0.1, -0.05) is 47.1 Å². The number of ether oxygens (including phenoxy) is 1. The second-order valence-electron chi connectivity index (χ2n) is 6.03. The summed E-state index contributed by atoms with van der Waals surface area (Å²) in [5.41, 5.74) is 1.86. The fraction of sp³-hybridized carbons (Fsp3) is 0.211. The van der Waals surface area contributed by atoms with Gasteiger partial charge in [-0.3, -0.25) is 4.79 Å². The Morgan fingerprint density at radius 1 is 1.21 bits per heavy atom. The summed E-state index contributed by atoms with van der Waals surface area (Å²) in [6.45, 7) is 2.16. The summed E-state index contributed by atoms with van der Waals surface area (Å²) in [4.78, 5) is 12.2. The molecule has 1 N–H and O–H groups in total. The number of carbonyl (C=O) groups excluding carboxylic acids is 1. The lowest BCUT2D eigenvalue weighted by Gasteiger charge is -2.08. The second-order valence-corrected chi connectivity index (χ2v) is 7.81. The average molecular weight is 437 g/mol. The molecule has 0 aliphatic carbocycles. The smallest absolute Gasteiger partial charge is 0.234 e. The monoisotopic (exact) mass is 436 g/mol. The van der Waals surface area contributed by atoms with Crippen LogP contribution in [0.1, 0.15) is 11.4 Å². The van der Waals surface area contributed by atoms with Crippen molar-refractivity contribution in [1.82, 2.24) is 14.8 Å². The zero-order chi connectivity index (χ0) is 20.1. The molecule has 9 heteroatoms. The first-order valence-electron chi connectivity index (χ1n) is 8.38. The summed E-state index contributed by atoms with van der Waals surface area (Å²) in [6.07, 6.45) is 0. The van der Waals surface area contributed by atoms with E-state index in [1.807, 2.05) is 38.2 Å².